The number of carboxylic acid groups (broad SMARTS) is 1. The maximum absolute atomic E-state index is 15.0. The summed E-state index contributed by atoms with van der Waals surface area (Å²) in [4.78, 5) is 61.7. The van der Waals surface area contributed by atoms with E-state index in [0.29, 0.717) is 17.8 Å². The van der Waals surface area contributed by atoms with Crippen molar-refractivity contribution in [3.8, 4) is 11.1 Å². The predicted octanol–water partition coefficient (Wildman–Crippen LogP) is 1.74. The van der Waals surface area contributed by atoms with Crippen LogP contribution >= 0.6 is 0 Å². The van der Waals surface area contributed by atoms with Crippen molar-refractivity contribution >= 4 is 39.4 Å². The molecule has 1 aromatic heterocycles. The Morgan fingerprint density at radius 2 is 1.57 bits per heavy atom. The fourth-order valence-corrected chi connectivity index (χ4v) is 7.00. The number of aliphatic hydroxyl groups excluding tert-OH is 1. The first kappa shape index (κ1) is 45.2. The Balaban J connectivity index is 1.68. The summed E-state index contributed by atoms with van der Waals surface area (Å²) in [5, 5.41) is 25.7. The first-order valence-electron chi connectivity index (χ1n) is 17.9. The van der Waals surface area contributed by atoms with Crippen LogP contribution < -0.4 is 21.7 Å². The minimum Gasteiger partial charge on any atom is -0.481 e. The Hall–Kier alpha value is -5.20. The molecule has 306 valence electrons. The van der Waals surface area contributed by atoms with Crippen LogP contribution in [0.25, 0.3) is 11.1 Å². The Labute approximate surface area is 324 Å². The van der Waals surface area contributed by atoms with Crippen molar-refractivity contribution in [2.24, 2.45) is 11.1 Å². The van der Waals surface area contributed by atoms with Gasteiger partial charge in [0.1, 0.15) is 18.2 Å². The number of rotatable bonds is 21. The number of nitrogens with zero attached hydrogens (tertiary/aromatic N) is 2. The second kappa shape index (κ2) is 20.6. The van der Waals surface area contributed by atoms with E-state index in [1.165, 1.54) is 4.90 Å². The van der Waals surface area contributed by atoms with E-state index in [9.17, 15) is 41.9 Å². The van der Waals surface area contributed by atoms with Crippen LogP contribution in [-0.2, 0) is 40.4 Å². The molecule has 0 fully saturated rings. The fraction of sp³-hybridized carbons (Fsp3) is 0.447. The smallest absolute Gasteiger partial charge is 0.303 e. The van der Waals surface area contributed by atoms with Crippen LogP contribution in [0.15, 0.2) is 60.8 Å². The summed E-state index contributed by atoms with van der Waals surface area (Å²) in [5.41, 5.74) is 7.33. The van der Waals surface area contributed by atoms with Crippen molar-refractivity contribution in [1.29, 1.82) is 0 Å². The van der Waals surface area contributed by atoms with Gasteiger partial charge >= 0.3 is 5.97 Å². The highest BCUT2D eigenvalue weighted by Gasteiger charge is 2.37. The van der Waals surface area contributed by atoms with E-state index >= 15 is 4.39 Å². The molecule has 0 spiro atoms. The number of amides is 4. The van der Waals surface area contributed by atoms with E-state index in [2.05, 4.69) is 16.0 Å². The van der Waals surface area contributed by atoms with Gasteiger partial charge < -0.3 is 41.4 Å². The van der Waals surface area contributed by atoms with Gasteiger partial charge in [-0.25, -0.2) is 17.2 Å². The third-order valence-electron chi connectivity index (χ3n) is 8.71. The van der Waals surface area contributed by atoms with Crippen molar-refractivity contribution in [2.75, 3.05) is 44.3 Å². The third kappa shape index (κ3) is 14.1. The zero-order valence-electron chi connectivity index (χ0n) is 31.6. The lowest BCUT2D eigenvalue weighted by atomic mass is 9.82. The predicted molar refractivity (Wildman–Crippen MR) is 203 cm³/mol. The van der Waals surface area contributed by atoms with Crippen LogP contribution in [0.3, 0.4) is 0 Å². The van der Waals surface area contributed by atoms with Gasteiger partial charge in [-0.15, -0.1) is 0 Å². The lowest BCUT2D eigenvalue weighted by Gasteiger charge is -2.41. The number of benzene rings is 2. The van der Waals surface area contributed by atoms with Crippen molar-refractivity contribution in [2.45, 2.75) is 58.7 Å². The number of aliphatic hydroxyl groups is 1. The van der Waals surface area contributed by atoms with Crippen molar-refractivity contribution < 1.29 is 51.4 Å². The summed E-state index contributed by atoms with van der Waals surface area (Å²) >= 11 is 0. The fourth-order valence-electron chi connectivity index (χ4n) is 5.97. The normalized spacial score (nSPS) is 12.7. The van der Waals surface area contributed by atoms with Gasteiger partial charge in [0, 0.05) is 55.6 Å². The highest BCUT2D eigenvalue weighted by Crippen LogP contribution is 2.41. The SMILES string of the molecule is CC(C)(C)[C@H](c1cc(-c2cc(F)ccc2F)cn1Cc1ccccc1)N(CC[C@H](N)C(=O)NCCS(=O)(=O)CCNC(=O)CNC(=O)CCC(=O)O)C(=O)CO. The number of aliphatic carboxylic acids is 1. The minimum atomic E-state index is -3.75. The maximum Gasteiger partial charge on any atom is 0.303 e. The number of halogens is 2. The van der Waals surface area contributed by atoms with Gasteiger partial charge in [0.05, 0.1) is 36.6 Å². The quantitative estimate of drug-likeness (QED) is 0.0914. The van der Waals surface area contributed by atoms with Gasteiger partial charge in [-0.05, 0) is 41.7 Å². The molecule has 2 aromatic carbocycles. The molecule has 15 nitrogen and oxygen atoms in total. The summed E-state index contributed by atoms with van der Waals surface area (Å²) in [7, 11) is -3.75. The number of sulfone groups is 1. The summed E-state index contributed by atoms with van der Waals surface area (Å²) in [6.45, 7) is 3.95. The van der Waals surface area contributed by atoms with Gasteiger partial charge in [-0.2, -0.15) is 0 Å². The summed E-state index contributed by atoms with van der Waals surface area (Å²) in [5.74, 6) is -6.04. The van der Waals surface area contributed by atoms with Crippen molar-refractivity contribution in [3.63, 3.8) is 0 Å². The zero-order chi connectivity index (χ0) is 41.6. The van der Waals surface area contributed by atoms with Gasteiger partial charge in [0.25, 0.3) is 0 Å². The Morgan fingerprint density at radius 3 is 2.20 bits per heavy atom. The molecule has 0 saturated heterocycles. The summed E-state index contributed by atoms with van der Waals surface area (Å²) < 4.78 is 56.1. The topological polar surface area (TPSA) is 230 Å². The number of nitrogens with two attached hydrogens (primary N) is 1. The first-order chi connectivity index (χ1) is 26.3. The van der Waals surface area contributed by atoms with E-state index < -0.39 is 99.6 Å². The molecule has 2 atom stereocenters. The second-order valence-electron chi connectivity index (χ2n) is 14.3. The average Bonchev–Trinajstić information content (AvgIpc) is 3.53. The largest absolute Gasteiger partial charge is 0.481 e. The van der Waals surface area contributed by atoms with Crippen LogP contribution in [0.2, 0.25) is 0 Å². The molecule has 0 aliphatic carbocycles. The molecule has 0 unspecified atom stereocenters. The molecule has 18 heteroatoms. The highest BCUT2D eigenvalue weighted by atomic mass is 32.2. The Kier molecular flexibility index (Phi) is 16.7. The van der Waals surface area contributed by atoms with Crippen LogP contribution in [0.5, 0.6) is 0 Å². The molecule has 0 radical (unpaired) electrons. The molecular formula is C38H50F2N6O9S. The number of hydrogen-bond acceptors (Lipinski definition) is 9. The molecule has 0 bridgehead atoms. The second-order valence-corrected chi connectivity index (χ2v) is 16.6. The van der Waals surface area contributed by atoms with E-state index in [1.807, 2.05) is 55.7 Å². The average molecular weight is 805 g/mol. The molecule has 3 rings (SSSR count). The van der Waals surface area contributed by atoms with Crippen LogP contribution in [0.1, 0.15) is 57.3 Å². The lowest BCUT2D eigenvalue weighted by Crippen LogP contribution is -2.48. The van der Waals surface area contributed by atoms with Gasteiger partial charge in [-0.1, -0.05) is 51.1 Å². The number of carbonyl (C=O) groups is 5. The standard InChI is InChI=1S/C38H50F2N6O9S/c1-38(2,3)36(31-19-26(28-20-27(39)9-10-29(28)40)23-45(31)22-25-7-5-4-6-8-25)46(34(50)24-47)16-13-30(41)37(53)43-15-18-56(54,55)17-14-42-33(49)21-44-32(48)11-12-35(51)52/h4-10,19-20,23,30,36,47H,11-18,21-22,24,41H2,1-3H3,(H,42,49)(H,43,53)(H,44,48)(H,51,52)/t30-,36-/m0/s1. The van der Waals surface area contributed by atoms with Gasteiger partial charge in [-0.3, -0.25) is 24.0 Å². The van der Waals surface area contributed by atoms with E-state index in [4.69, 9.17) is 10.8 Å². The molecular weight excluding hydrogens is 755 g/mol. The number of carboxylic acids is 1. The van der Waals surface area contributed by atoms with Gasteiger partial charge in [0.15, 0.2) is 9.84 Å². The molecule has 4 amide bonds. The molecule has 0 saturated carbocycles. The molecule has 0 aliphatic heterocycles. The molecule has 0 aliphatic rings. The monoisotopic (exact) mass is 804 g/mol. The number of aromatic nitrogens is 1. The number of nitrogens with one attached hydrogen (secondary N) is 3. The van der Waals surface area contributed by atoms with E-state index in [-0.39, 0.29) is 38.0 Å². The van der Waals surface area contributed by atoms with E-state index in [1.54, 1.807) is 12.3 Å². The van der Waals surface area contributed by atoms with Crippen LogP contribution in [0, 0.1) is 17.0 Å². The van der Waals surface area contributed by atoms with Crippen molar-refractivity contribution in [3.05, 3.63) is 83.7 Å². The third-order valence-corrected chi connectivity index (χ3v) is 10.4. The van der Waals surface area contributed by atoms with Crippen LogP contribution in [-0.4, -0.2) is 108 Å². The molecule has 56 heavy (non-hydrogen) atoms. The minimum absolute atomic E-state index is 0.0212. The van der Waals surface area contributed by atoms with Crippen molar-refractivity contribution in [1.82, 2.24) is 25.4 Å². The summed E-state index contributed by atoms with van der Waals surface area (Å²) in [6, 6.07) is 12.2. The lowest BCUT2D eigenvalue weighted by molar-refractivity contribution is -0.140. The van der Waals surface area contributed by atoms with E-state index in [0.717, 1.165) is 23.8 Å². The highest BCUT2D eigenvalue weighted by molar-refractivity contribution is 7.91. The molecule has 1 heterocycles. The van der Waals surface area contributed by atoms with Gasteiger partial charge in [0.2, 0.25) is 23.6 Å². The zero-order valence-corrected chi connectivity index (χ0v) is 32.4. The number of carbonyl (C=O) groups excluding carboxylic acids is 4. The van der Waals surface area contributed by atoms with Crippen LogP contribution in [0.4, 0.5) is 8.78 Å². The Morgan fingerprint density at radius 1 is 0.911 bits per heavy atom. The molecule has 3 aromatic rings. The Bertz CT molecular complexity index is 1950. The number of hydrogen-bond donors (Lipinski definition) is 6. The summed E-state index contributed by atoms with van der Waals surface area (Å²) in [6.07, 6.45) is 0.883. The first-order valence-corrected chi connectivity index (χ1v) is 19.7. The molecule has 7 N–H and O–H groups in total. The maximum atomic E-state index is 15.0.